The third-order valence-electron chi connectivity index (χ3n) is 5.62. The number of halogens is 3. The predicted octanol–water partition coefficient (Wildman–Crippen LogP) is 7.20. The quantitative estimate of drug-likeness (QED) is 0.193. The van der Waals surface area contributed by atoms with Gasteiger partial charge >= 0.3 is 5.97 Å². The molecule has 7 heteroatoms. The minimum atomic E-state index is -1.27. The Morgan fingerprint density at radius 3 is 2.08 bits per heavy atom. The monoisotopic (exact) mass is 492 g/mol. The Bertz CT molecular complexity index is 1370. The van der Waals surface area contributed by atoms with Crippen LogP contribution >= 0.6 is 0 Å². The van der Waals surface area contributed by atoms with Gasteiger partial charge < -0.3 is 14.2 Å². The Morgan fingerprint density at radius 2 is 1.44 bits per heavy atom. The second-order valence-corrected chi connectivity index (χ2v) is 7.88. The van der Waals surface area contributed by atoms with Crippen LogP contribution < -0.4 is 9.47 Å². The lowest BCUT2D eigenvalue weighted by molar-refractivity contribution is 0.0726. The number of benzene rings is 4. The zero-order chi connectivity index (χ0) is 25.7. The lowest BCUT2D eigenvalue weighted by Gasteiger charge is -2.10. The first-order valence-electron chi connectivity index (χ1n) is 11.2. The highest BCUT2D eigenvalue weighted by Gasteiger charge is 2.19. The van der Waals surface area contributed by atoms with Crippen molar-refractivity contribution in [3.05, 3.63) is 107 Å². The normalized spacial score (nSPS) is 10.8. The van der Waals surface area contributed by atoms with Crippen LogP contribution in [0.25, 0.3) is 22.3 Å². The van der Waals surface area contributed by atoms with Crippen LogP contribution in [-0.4, -0.2) is 19.7 Å². The van der Waals surface area contributed by atoms with E-state index in [1.807, 2.05) is 6.92 Å². The summed E-state index contributed by atoms with van der Waals surface area (Å²) in [6.07, 6.45) is 0. The molecule has 0 aliphatic rings. The summed E-state index contributed by atoms with van der Waals surface area (Å²) in [7, 11) is 1.51. The summed E-state index contributed by atoms with van der Waals surface area (Å²) >= 11 is 0. The molecular weight excluding hydrogens is 469 g/mol. The third kappa shape index (κ3) is 5.42. The van der Waals surface area contributed by atoms with Gasteiger partial charge in [0.05, 0.1) is 19.3 Å². The highest BCUT2D eigenvalue weighted by molar-refractivity contribution is 5.91. The molecule has 4 aromatic rings. The summed E-state index contributed by atoms with van der Waals surface area (Å²) in [5.74, 6) is -3.58. The SMILES string of the molecule is CCOCc1ccc(-c2ccc(C(=O)Oc3ccc(-c4ccc(OC)cc4)c(F)c3F)cc2)cc1F. The van der Waals surface area contributed by atoms with E-state index in [0.29, 0.717) is 34.6 Å². The highest BCUT2D eigenvalue weighted by atomic mass is 19.2. The summed E-state index contributed by atoms with van der Waals surface area (Å²) in [6, 6.07) is 20.0. The van der Waals surface area contributed by atoms with Crippen LogP contribution in [0.5, 0.6) is 11.5 Å². The van der Waals surface area contributed by atoms with E-state index in [4.69, 9.17) is 14.2 Å². The van der Waals surface area contributed by atoms with Crippen molar-refractivity contribution in [1.29, 1.82) is 0 Å². The van der Waals surface area contributed by atoms with Crippen molar-refractivity contribution in [3.63, 3.8) is 0 Å². The smallest absolute Gasteiger partial charge is 0.343 e. The Hall–Kier alpha value is -4.10. The van der Waals surface area contributed by atoms with Crippen LogP contribution in [0.2, 0.25) is 0 Å². The fourth-order valence-corrected chi connectivity index (χ4v) is 3.62. The van der Waals surface area contributed by atoms with Gasteiger partial charge in [-0.1, -0.05) is 36.4 Å². The topological polar surface area (TPSA) is 44.8 Å². The second-order valence-electron chi connectivity index (χ2n) is 7.88. The van der Waals surface area contributed by atoms with E-state index in [1.54, 1.807) is 48.5 Å². The fraction of sp³-hybridized carbons (Fsp3) is 0.138. The molecule has 4 rings (SSSR count). The largest absolute Gasteiger partial charge is 0.497 e. The molecule has 0 saturated heterocycles. The van der Waals surface area contributed by atoms with Gasteiger partial charge in [0.25, 0.3) is 0 Å². The molecule has 0 aliphatic heterocycles. The average molecular weight is 492 g/mol. The van der Waals surface area contributed by atoms with Gasteiger partial charge in [-0.3, -0.25) is 0 Å². The molecule has 0 radical (unpaired) electrons. The van der Waals surface area contributed by atoms with Crippen molar-refractivity contribution in [2.45, 2.75) is 13.5 Å². The van der Waals surface area contributed by atoms with E-state index in [1.165, 1.54) is 37.4 Å². The van der Waals surface area contributed by atoms with Gasteiger partial charge in [-0.15, -0.1) is 0 Å². The zero-order valence-corrected chi connectivity index (χ0v) is 19.7. The first-order valence-corrected chi connectivity index (χ1v) is 11.2. The van der Waals surface area contributed by atoms with Crippen molar-refractivity contribution in [2.75, 3.05) is 13.7 Å². The zero-order valence-electron chi connectivity index (χ0n) is 19.7. The minimum absolute atomic E-state index is 0.0267. The first-order chi connectivity index (χ1) is 17.4. The average Bonchev–Trinajstić information content (AvgIpc) is 2.91. The number of methoxy groups -OCH3 is 1. The van der Waals surface area contributed by atoms with Gasteiger partial charge in [-0.25, -0.2) is 13.6 Å². The van der Waals surface area contributed by atoms with Crippen LogP contribution in [0, 0.1) is 17.5 Å². The van der Waals surface area contributed by atoms with Crippen molar-refractivity contribution < 1.29 is 32.2 Å². The molecule has 4 nitrogen and oxygen atoms in total. The number of rotatable bonds is 8. The summed E-state index contributed by atoms with van der Waals surface area (Å²) in [6.45, 7) is 2.51. The number of esters is 1. The maximum Gasteiger partial charge on any atom is 0.343 e. The molecule has 0 saturated carbocycles. The van der Waals surface area contributed by atoms with Gasteiger partial charge in [-0.05, 0) is 66.1 Å². The molecule has 0 heterocycles. The van der Waals surface area contributed by atoms with E-state index in [2.05, 4.69) is 0 Å². The van der Waals surface area contributed by atoms with Crippen LogP contribution in [0.3, 0.4) is 0 Å². The van der Waals surface area contributed by atoms with Gasteiger partial charge in [0.2, 0.25) is 5.82 Å². The molecule has 0 N–H and O–H groups in total. The molecule has 0 unspecified atom stereocenters. The Kier molecular flexibility index (Phi) is 7.71. The van der Waals surface area contributed by atoms with Crippen LogP contribution in [0.1, 0.15) is 22.8 Å². The molecule has 0 amide bonds. The number of carbonyl (C=O) groups is 1. The van der Waals surface area contributed by atoms with E-state index < -0.39 is 23.4 Å². The minimum Gasteiger partial charge on any atom is -0.497 e. The van der Waals surface area contributed by atoms with Crippen molar-refractivity contribution in [2.24, 2.45) is 0 Å². The number of hydrogen-bond donors (Lipinski definition) is 0. The Morgan fingerprint density at radius 1 is 0.778 bits per heavy atom. The summed E-state index contributed by atoms with van der Waals surface area (Å²) in [5.41, 5.74) is 2.35. The van der Waals surface area contributed by atoms with Crippen molar-refractivity contribution >= 4 is 5.97 Å². The highest BCUT2D eigenvalue weighted by Crippen LogP contribution is 2.31. The lowest BCUT2D eigenvalue weighted by Crippen LogP contribution is -2.10. The van der Waals surface area contributed by atoms with E-state index in [-0.39, 0.29) is 23.6 Å². The maximum atomic E-state index is 14.7. The number of carbonyl (C=O) groups excluding carboxylic acids is 1. The van der Waals surface area contributed by atoms with Crippen molar-refractivity contribution in [3.8, 4) is 33.8 Å². The predicted molar refractivity (Wildman–Crippen MR) is 130 cm³/mol. The molecular formula is C29H23F3O4. The standard InChI is InChI=1S/C29H23F3O4/c1-3-35-17-22-9-8-21(16-25(22)30)18-4-6-20(7-5-18)29(33)36-26-15-14-24(27(31)28(26)32)19-10-12-23(34-2)13-11-19/h4-16H,3,17H2,1-2H3. The van der Waals surface area contributed by atoms with Gasteiger partial charge in [-0.2, -0.15) is 4.39 Å². The molecule has 0 fully saturated rings. The lowest BCUT2D eigenvalue weighted by atomic mass is 10.0. The molecule has 0 bridgehead atoms. The van der Waals surface area contributed by atoms with E-state index in [0.717, 1.165) is 0 Å². The Labute approximate surface area is 206 Å². The molecule has 0 aromatic heterocycles. The molecule has 0 atom stereocenters. The van der Waals surface area contributed by atoms with Crippen molar-refractivity contribution in [1.82, 2.24) is 0 Å². The fourth-order valence-electron chi connectivity index (χ4n) is 3.62. The molecule has 184 valence electrons. The summed E-state index contributed by atoms with van der Waals surface area (Å²) in [5, 5.41) is 0. The molecule has 36 heavy (non-hydrogen) atoms. The summed E-state index contributed by atoms with van der Waals surface area (Å²) < 4.78 is 59.1. The van der Waals surface area contributed by atoms with Gasteiger partial charge in [0, 0.05) is 17.7 Å². The third-order valence-corrected chi connectivity index (χ3v) is 5.62. The van der Waals surface area contributed by atoms with Crippen LogP contribution in [-0.2, 0) is 11.3 Å². The van der Waals surface area contributed by atoms with Gasteiger partial charge in [0.1, 0.15) is 11.6 Å². The Balaban J connectivity index is 1.48. The molecule has 0 spiro atoms. The first kappa shape index (κ1) is 25.0. The maximum absolute atomic E-state index is 14.7. The molecule has 4 aromatic carbocycles. The van der Waals surface area contributed by atoms with Crippen LogP contribution in [0.15, 0.2) is 78.9 Å². The van der Waals surface area contributed by atoms with E-state index in [9.17, 15) is 18.0 Å². The number of ether oxygens (including phenoxy) is 3. The number of hydrogen-bond acceptors (Lipinski definition) is 4. The summed E-state index contributed by atoms with van der Waals surface area (Å²) in [4.78, 5) is 12.6. The van der Waals surface area contributed by atoms with Gasteiger partial charge in [0.15, 0.2) is 11.6 Å². The van der Waals surface area contributed by atoms with Crippen LogP contribution in [0.4, 0.5) is 13.2 Å². The molecule has 0 aliphatic carbocycles. The second kappa shape index (κ2) is 11.1. The van der Waals surface area contributed by atoms with E-state index >= 15 is 0 Å².